The summed E-state index contributed by atoms with van der Waals surface area (Å²) >= 11 is 0.152. The standard InChI is InChI=1S/C7H10IN/c1-5-4-8-7(3)9-6(5)2/h4H,1-3H3. The average Bonchev–Trinajstić information content (AvgIpc) is 1.80. The first-order valence-corrected chi connectivity index (χ1v) is 5.22. The van der Waals surface area contributed by atoms with E-state index >= 15 is 0 Å². The SMILES string of the molecule is CC1=NC(C)=C(C)C=I1. The summed E-state index contributed by atoms with van der Waals surface area (Å²) < 4.78 is 3.66. The largest absolute Gasteiger partial charge is 0.252 e. The van der Waals surface area contributed by atoms with Gasteiger partial charge < -0.3 is 0 Å². The summed E-state index contributed by atoms with van der Waals surface area (Å²) in [7, 11) is 0. The van der Waals surface area contributed by atoms with E-state index in [1.807, 2.05) is 0 Å². The Labute approximate surface area is 65.6 Å². The van der Waals surface area contributed by atoms with Gasteiger partial charge in [0.15, 0.2) is 0 Å². The van der Waals surface area contributed by atoms with Crippen molar-refractivity contribution in [3.05, 3.63) is 11.3 Å². The molecule has 0 bridgehead atoms. The summed E-state index contributed by atoms with van der Waals surface area (Å²) in [4.78, 5) is 4.38. The quantitative estimate of drug-likeness (QED) is 0.572. The van der Waals surface area contributed by atoms with E-state index in [0.717, 1.165) is 0 Å². The van der Waals surface area contributed by atoms with Gasteiger partial charge in [0.05, 0.1) is 3.72 Å². The van der Waals surface area contributed by atoms with Crippen LogP contribution < -0.4 is 0 Å². The molecule has 1 aliphatic rings. The minimum Gasteiger partial charge on any atom is -0.252 e. The monoisotopic (exact) mass is 235 g/mol. The van der Waals surface area contributed by atoms with Crippen LogP contribution in [0.1, 0.15) is 20.8 Å². The second-order valence-electron chi connectivity index (χ2n) is 2.10. The van der Waals surface area contributed by atoms with Crippen molar-refractivity contribution in [2.45, 2.75) is 20.8 Å². The van der Waals surface area contributed by atoms with Gasteiger partial charge in [-0.25, -0.2) is 0 Å². The summed E-state index contributed by atoms with van der Waals surface area (Å²) in [6.07, 6.45) is 0. The average molecular weight is 235 g/mol. The van der Waals surface area contributed by atoms with Crippen molar-refractivity contribution in [1.82, 2.24) is 0 Å². The van der Waals surface area contributed by atoms with E-state index in [4.69, 9.17) is 0 Å². The zero-order valence-corrected chi connectivity index (χ0v) is 8.06. The Morgan fingerprint density at radius 1 is 1.33 bits per heavy atom. The Hall–Kier alpha value is 0.01000. The zero-order valence-electron chi connectivity index (χ0n) is 5.90. The molecular formula is C7H10IN. The van der Waals surface area contributed by atoms with Gasteiger partial charge in [-0.2, -0.15) is 0 Å². The highest BCUT2D eigenvalue weighted by molar-refractivity contribution is 14.2. The van der Waals surface area contributed by atoms with Crippen LogP contribution in [0.4, 0.5) is 0 Å². The second-order valence-corrected chi connectivity index (χ2v) is 4.90. The van der Waals surface area contributed by atoms with E-state index in [9.17, 15) is 0 Å². The Balaban J connectivity index is 3.01. The van der Waals surface area contributed by atoms with Gasteiger partial charge in [-0.05, 0) is 30.4 Å². The van der Waals surface area contributed by atoms with Crippen molar-refractivity contribution < 1.29 is 0 Å². The van der Waals surface area contributed by atoms with E-state index in [1.165, 1.54) is 15.0 Å². The highest BCUT2D eigenvalue weighted by Crippen LogP contribution is 2.15. The molecule has 0 saturated carbocycles. The molecule has 1 nitrogen and oxygen atoms in total. The summed E-state index contributed by atoms with van der Waals surface area (Å²) in [5.74, 6) is 0. The summed E-state index contributed by atoms with van der Waals surface area (Å²) in [5.41, 5.74) is 2.56. The van der Waals surface area contributed by atoms with Crippen molar-refractivity contribution in [3.8, 4) is 0 Å². The zero-order chi connectivity index (χ0) is 6.85. The van der Waals surface area contributed by atoms with Crippen LogP contribution in [0.3, 0.4) is 0 Å². The van der Waals surface area contributed by atoms with Crippen LogP contribution in [0.15, 0.2) is 16.3 Å². The van der Waals surface area contributed by atoms with Crippen LogP contribution in [0.2, 0.25) is 0 Å². The lowest BCUT2D eigenvalue weighted by Gasteiger charge is -2.02. The third-order valence-corrected chi connectivity index (χ3v) is 3.66. The molecule has 0 unspecified atom stereocenters. The number of halogens is 1. The van der Waals surface area contributed by atoms with Crippen molar-refractivity contribution in [3.63, 3.8) is 0 Å². The van der Waals surface area contributed by atoms with Gasteiger partial charge in [0.1, 0.15) is 0 Å². The number of nitrogens with zero attached hydrogens (tertiary/aromatic N) is 1. The molecule has 0 amide bonds. The van der Waals surface area contributed by atoms with Gasteiger partial charge in [0, 0.05) is 5.70 Å². The van der Waals surface area contributed by atoms with Crippen molar-refractivity contribution in [2.24, 2.45) is 4.99 Å². The van der Waals surface area contributed by atoms with Crippen molar-refractivity contribution in [2.75, 3.05) is 0 Å². The molecule has 2 heteroatoms. The van der Waals surface area contributed by atoms with Gasteiger partial charge in [0.25, 0.3) is 0 Å². The lowest BCUT2D eigenvalue weighted by Crippen LogP contribution is -1.90. The molecule has 0 saturated heterocycles. The summed E-state index contributed by atoms with van der Waals surface area (Å²) in [5, 5.41) is 0. The Morgan fingerprint density at radius 2 is 2.00 bits per heavy atom. The number of allylic oxidation sites excluding steroid dienone is 2. The minimum absolute atomic E-state index is 0.152. The molecule has 0 aliphatic carbocycles. The van der Waals surface area contributed by atoms with Gasteiger partial charge in [-0.1, -0.05) is 20.7 Å². The molecule has 0 atom stereocenters. The first-order chi connectivity index (χ1) is 4.20. The van der Waals surface area contributed by atoms with E-state index in [2.05, 4.69) is 29.8 Å². The highest BCUT2D eigenvalue weighted by Gasteiger charge is 1.97. The van der Waals surface area contributed by atoms with Crippen molar-refractivity contribution >= 4 is 28.5 Å². The molecule has 50 valence electrons. The Kier molecular flexibility index (Phi) is 2.16. The normalized spacial score (nSPS) is 19.2. The van der Waals surface area contributed by atoms with Gasteiger partial charge >= 0.3 is 0 Å². The summed E-state index contributed by atoms with van der Waals surface area (Å²) in [6.45, 7) is 6.31. The predicted molar refractivity (Wildman–Crippen MR) is 51.6 cm³/mol. The molecular weight excluding hydrogens is 225 g/mol. The number of hydrogen-bond acceptors (Lipinski definition) is 1. The third kappa shape index (κ3) is 1.71. The molecule has 0 radical (unpaired) electrons. The maximum absolute atomic E-state index is 4.38. The van der Waals surface area contributed by atoms with Crippen LogP contribution in [0, 0.1) is 0 Å². The maximum atomic E-state index is 4.38. The highest BCUT2D eigenvalue weighted by atomic mass is 127. The fourth-order valence-electron chi connectivity index (χ4n) is 0.583. The van der Waals surface area contributed by atoms with Crippen LogP contribution in [0.25, 0.3) is 0 Å². The number of aliphatic imine (C=N–C) groups is 1. The van der Waals surface area contributed by atoms with Crippen LogP contribution in [-0.2, 0) is 0 Å². The van der Waals surface area contributed by atoms with Crippen molar-refractivity contribution in [1.29, 1.82) is 0 Å². The number of rotatable bonds is 0. The maximum Gasteiger partial charge on any atom is 0.0701 e. The minimum atomic E-state index is 0.152. The third-order valence-electron chi connectivity index (χ3n) is 1.27. The van der Waals surface area contributed by atoms with E-state index < -0.39 is 0 Å². The molecule has 1 aliphatic heterocycles. The molecule has 0 aromatic carbocycles. The second kappa shape index (κ2) is 2.73. The molecule has 0 aromatic heterocycles. The van der Waals surface area contributed by atoms with Gasteiger partial charge in [-0.3, -0.25) is 4.99 Å². The molecule has 0 N–H and O–H groups in total. The fourth-order valence-corrected chi connectivity index (χ4v) is 2.45. The molecule has 0 fully saturated rings. The van der Waals surface area contributed by atoms with Crippen LogP contribution in [0.5, 0.6) is 0 Å². The van der Waals surface area contributed by atoms with Gasteiger partial charge in [-0.15, -0.1) is 0 Å². The first kappa shape index (κ1) is 7.12. The molecule has 1 heterocycles. The van der Waals surface area contributed by atoms with Crippen LogP contribution in [-0.4, -0.2) is 7.73 Å². The Morgan fingerprint density at radius 3 is 2.44 bits per heavy atom. The molecule has 0 spiro atoms. The van der Waals surface area contributed by atoms with Crippen LogP contribution >= 0.6 is 20.7 Å². The predicted octanol–water partition coefficient (Wildman–Crippen LogP) is 2.49. The smallest absolute Gasteiger partial charge is 0.0701 e. The molecule has 9 heavy (non-hydrogen) atoms. The molecule has 1 rings (SSSR count). The van der Waals surface area contributed by atoms with E-state index in [1.54, 1.807) is 0 Å². The lowest BCUT2D eigenvalue weighted by atomic mass is 10.3. The first-order valence-electron chi connectivity index (χ1n) is 2.89. The summed E-state index contributed by atoms with van der Waals surface area (Å²) in [6, 6.07) is 0. The Bertz CT molecular complexity index is 211. The van der Waals surface area contributed by atoms with E-state index in [0.29, 0.717) is 0 Å². The number of hydrogen-bond donors (Lipinski definition) is 0. The topological polar surface area (TPSA) is 12.4 Å². The lowest BCUT2D eigenvalue weighted by molar-refractivity contribution is 1.26. The van der Waals surface area contributed by atoms with E-state index in [-0.39, 0.29) is 20.7 Å². The van der Waals surface area contributed by atoms with Gasteiger partial charge in [0.2, 0.25) is 0 Å². The molecule has 0 aromatic rings. The fraction of sp³-hybridized carbons (Fsp3) is 0.429.